The number of rotatable bonds is 7. The standard InChI is InChI=1S/C19H16N6O3S2/c1-11-4-3-5-14(10-11)20-18-23-24-19(30-18)29-12(2)16-21-22-17(28-16)13-6-8-15(9-7-13)25(26)27/h3-10,12H,1-2H3,(H,20,23). The highest BCUT2D eigenvalue weighted by Gasteiger charge is 2.19. The normalized spacial score (nSPS) is 11.9. The summed E-state index contributed by atoms with van der Waals surface area (Å²) in [5, 5.41) is 31.1. The summed E-state index contributed by atoms with van der Waals surface area (Å²) in [6.45, 7) is 3.97. The van der Waals surface area contributed by atoms with Crippen molar-refractivity contribution in [3.8, 4) is 11.5 Å². The number of nitrogens with one attached hydrogen (secondary N) is 1. The zero-order chi connectivity index (χ0) is 21.1. The first-order chi connectivity index (χ1) is 14.5. The number of benzene rings is 2. The van der Waals surface area contributed by atoms with Gasteiger partial charge in [-0.2, -0.15) is 0 Å². The molecule has 1 atom stereocenters. The molecule has 30 heavy (non-hydrogen) atoms. The number of aromatic nitrogens is 4. The molecule has 0 aliphatic heterocycles. The molecule has 2 aromatic carbocycles. The fourth-order valence-corrected chi connectivity index (χ4v) is 4.54. The van der Waals surface area contributed by atoms with Crippen LogP contribution in [0.15, 0.2) is 57.3 Å². The third-order valence-electron chi connectivity index (χ3n) is 4.07. The lowest BCUT2D eigenvalue weighted by Crippen LogP contribution is -1.89. The number of aryl methyl sites for hydroxylation is 1. The van der Waals surface area contributed by atoms with Crippen molar-refractivity contribution in [2.75, 3.05) is 5.32 Å². The van der Waals surface area contributed by atoms with Crippen LogP contribution in [0, 0.1) is 17.0 Å². The zero-order valence-corrected chi connectivity index (χ0v) is 17.6. The van der Waals surface area contributed by atoms with Gasteiger partial charge in [0.25, 0.3) is 5.69 Å². The second-order valence-electron chi connectivity index (χ2n) is 6.38. The van der Waals surface area contributed by atoms with E-state index in [0.29, 0.717) is 22.5 Å². The Kier molecular flexibility index (Phi) is 5.72. The molecule has 4 rings (SSSR count). The first kappa shape index (κ1) is 20.0. The molecule has 0 fully saturated rings. The zero-order valence-electron chi connectivity index (χ0n) is 16.0. The summed E-state index contributed by atoms with van der Waals surface area (Å²) in [5.74, 6) is 0.753. The fourth-order valence-electron chi connectivity index (χ4n) is 2.60. The molecular weight excluding hydrogens is 424 g/mol. The first-order valence-corrected chi connectivity index (χ1v) is 10.6. The Morgan fingerprint density at radius 2 is 1.93 bits per heavy atom. The van der Waals surface area contributed by atoms with E-state index in [2.05, 4.69) is 25.7 Å². The summed E-state index contributed by atoms with van der Waals surface area (Å²) < 4.78 is 6.52. The van der Waals surface area contributed by atoms with Gasteiger partial charge >= 0.3 is 0 Å². The molecule has 1 unspecified atom stereocenters. The molecule has 0 spiro atoms. The van der Waals surface area contributed by atoms with Crippen molar-refractivity contribution in [3.05, 3.63) is 70.1 Å². The van der Waals surface area contributed by atoms with E-state index in [1.54, 1.807) is 12.1 Å². The smallest absolute Gasteiger partial charge is 0.269 e. The van der Waals surface area contributed by atoms with Gasteiger partial charge in [0.2, 0.25) is 16.9 Å². The number of non-ortho nitro benzene ring substituents is 1. The highest BCUT2D eigenvalue weighted by atomic mass is 32.2. The number of nitro groups is 1. The summed E-state index contributed by atoms with van der Waals surface area (Å²) in [6, 6.07) is 14.0. The van der Waals surface area contributed by atoms with Gasteiger partial charge in [0.05, 0.1) is 10.2 Å². The summed E-state index contributed by atoms with van der Waals surface area (Å²) >= 11 is 2.91. The van der Waals surface area contributed by atoms with Gasteiger partial charge in [-0.15, -0.1) is 20.4 Å². The van der Waals surface area contributed by atoms with E-state index in [4.69, 9.17) is 4.42 Å². The van der Waals surface area contributed by atoms with Crippen molar-refractivity contribution in [2.45, 2.75) is 23.4 Å². The van der Waals surface area contributed by atoms with Crippen LogP contribution in [0.4, 0.5) is 16.5 Å². The molecule has 11 heteroatoms. The number of hydrogen-bond acceptors (Lipinski definition) is 10. The Bertz CT molecular complexity index is 1170. The number of thioether (sulfide) groups is 1. The molecule has 0 saturated heterocycles. The third-order valence-corrected chi connectivity index (χ3v) is 6.08. The molecule has 9 nitrogen and oxygen atoms in total. The maximum Gasteiger partial charge on any atom is 0.269 e. The highest BCUT2D eigenvalue weighted by Crippen LogP contribution is 2.38. The van der Waals surface area contributed by atoms with Crippen LogP contribution in [-0.4, -0.2) is 25.3 Å². The predicted octanol–water partition coefficient (Wildman–Crippen LogP) is 5.40. The molecular formula is C19H16N6O3S2. The minimum Gasteiger partial charge on any atom is -0.419 e. The molecule has 2 heterocycles. The number of hydrogen-bond donors (Lipinski definition) is 1. The lowest BCUT2D eigenvalue weighted by atomic mass is 10.2. The Hall–Kier alpha value is -3.31. The molecule has 4 aromatic rings. The second kappa shape index (κ2) is 8.59. The van der Waals surface area contributed by atoms with E-state index in [1.165, 1.54) is 35.2 Å². The quantitative estimate of drug-likeness (QED) is 0.229. The first-order valence-electron chi connectivity index (χ1n) is 8.90. The van der Waals surface area contributed by atoms with Crippen LogP contribution >= 0.6 is 23.1 Å². The van der Waals surface area contributed by atoms with Gasteiger partial charge in [0.15, 0.2) is 4.34 Å². The average Bonchev–Trinajstić information content (AvgIpc) is 3.38. The number of nitro benzene ring substituents is 1. The van der Waals surface area contributed by atoms with Crippen molar-refractivity contribution in [1.82, 2.24) is 20.4 Å². The van der Waals surface area contributed by atoms with Gasteiger partial charge in [0, 0.05) is 23.4 Å². The Morgan fingerprint density at radius 1 is 1.13 bits per heavy atom. The molecule has 0 amide bonds. The average molecular weight is 441 g/mol. The van der Waals surface area contributed by atoms with Crippen LogP contribution in [0.2, 0.25) is 0 Å². The minimum atomic E-state index is -0.453. The predicted molar refractivity (Wildman–Crippen MR) is 115 cm³/mol. The van der Waals surface area contributed by atoms with Crippen LogP contribution in [0.1, 0.15) is 23.6 Å². The van der Waals surface area contributed by atoms with E-state index in [-0.39, 0.29) is 10.9 Å². The van der Waals surface area contributed by atoms with E-state index >= 15 is 0 Å². The molecule has 0 aliphatic rings. The van der Waals surface area contributed by atoms with E-state index in [1.807, 2.05) is 38.1 Å². The van der Waals surface area contributed by atoms with Gasteiger partial charge in [-0.3, -0.25) is 10.1 Å². The SMILES string of the molecule is Cc1cccc(Nc2nnc(SC(C)c3nnc(-c4ccc([N+](=O)[O-])cc4)o3)s2)c1. The van der Waals surface area contributed by atoms with E-state index in [9.17, 15) is 10.1 Å². The van der Waals surface area contributed by atoms with Crippen LogP contribution in [0.25, 0.3) is 11.5 Å². The van der Waals surface area contributed by atoms with Crippen LogP contribution in [0.5, 0.6) is 0 Å². The van der Waals surface area contributed by atoms with Gasteiger partial charge < -0.3 is 9.73 Å². The summed E-state index contributed by atoms with van der Waals surface area (Å²) in [6.07, 6.45) is 0. The molecule has 0 bridgehead atoms. The Balaban J connectivity index is 1.41. The minimum absolute atomic E-state index is 0.00811. The monoisotopic (exact) mass is 440 g/mol. The van der Waals surface area contributed by atoms with Gasteiger partial charge in [0.1, 0.15) is 0 Å². The van der Waals surface area contributed by atoms with Crippen LogP contribution < -0.4 is 5.32 Å². The molecule has 0 radical (unpaired) electrons. The van der Waals surface area contributed by atoms with Crippen molar-refractivity contribution in [3.63, 3.8) is 0 Å². The highest BCUT2D eigenvalue weighted by molar-refractivity contribution is 8.01. The maximum atomic E-state index is 10.8. The topological polar surface area (TPSA) is 120 Å². The van der Waals surface area contributed by atoms with Crippen LogP contribution in [0.3, 0.4) is 0 Å². The van der Waals surface area contributed by atoms with Crippen molar-refractivity contribution in [2.24, 2.45) is 0 Å². The summed E-state index contributed by atoms with van der Waals surface area (Å²) in [7, 11) is 0. The molecule has 152 valence electrons. The van der Waals surface area contributed by atoms with Crippen molar-refractivity contribution >= 4 is 39.6 Å². The summed E-state index contributed by atoms with van der Waals surface area (Å²) in [5.41, 5.74) is 2.75. The van der Waals surface area contributed by atoms with Crippen molar-refractivity contribution in [1.29, 1.82) is 0 Å². The van der Waals surface area contributed by atoms with E-state index < -0.39 is 4.92 Å². The van der Waals surface area contributed by atoms with Crippen LogP contribution in [-0.2, 0) is 0 Å². The molecule has 0 saturated carbocycles. The Labute approximate surface area is 179 Å². The molecule has 0 aliphatic carbocycles. The Morgan fingerprint density at radius 3 is 2.67 bits per heavy atom. The lowest BCUT2D eigenvalue weighted by molar-refractivity contribution is -0.384. The number of nitrogens with zero attached hydrogens (tertiary/aromatic N) is 5. The number of anilines is 2. The maximum absolute atomic E-state index is 10.8. The summed E-state index contributed by atoms with van der Waals surface area (Å²) in [4.78, 5) is 10.3. The lowest BCUT2D eigenvalue weighted by Gasteiger charge is -2.03. The van der Waals surface area contributed by atoms with Gasteiger partial charge in [-0.25, -0.2) is 0 Å². The molecule has 1 N–H and O–H groups in total. The third kappa shape index (κ3) is 4.63. The second-order valence-corrected chi connectivity index (χ2v) is 8.94. The van der Waals surface area contributed by atoms with E-state index in [0.717, 1.165) is 15.6 Å². The van der Waals surface area contributed by atoms with Gasteiger partial charge in [-0.05, 0) is 43.7 Å². The van der Waals surface area contributed by atoms with Gasteiger partial charge in [-0.1, -0.05) is 35.2 Å². The fraction of sp³-hybridized carbons (Fsp3) is 0.158. The van der Waals surface area contributed by atoms with Crippen molar-refractivity contribution < 1.29 is 9.34 Å². The largest absolute Gasteiger partial charge is 0.419 e. The molecule has 2 aromatic heterocycles.